The zero-order valence-electron chi connectivity index (χ0n) is 31.8. The van der Waals surface area contributed by atoms with Crippen LogP contribution < -0.4 is 14.8 Å². The van der Waals surface area contributed by atoms with Gasteiger partial charge in [0.2, 0.25) is 0 Å². The summed E-state index contributed by atoms with van der Waals surface area (Å²) < 4.78 is 0. The third-order valence-electron chi connectivity index (χ3n) is 9.89. The first-order chi connectivity index (χ1) is 25.1. The van der Waals surface area contributed by atoms with Gasteiger partial charge in [-0.25, -0.2) is 0 Å². The molecule has 0 bridgehead atoms. The van der Waals surface area contributed by atoms with Crippen molar-refractivity contribution in [3.63, 3.8) is 0 Å². The number of imidazole rings is 1. The van der Waals surface area contributed by atoms with Gasteiger partial charge in [-0.2, -0.15) is 0 Å². The second-order valence-electron chi connectivity index (χ2n) is 14.9. The van der Waals surface area contributed by atoms with Gasteiger partial charge in [0.05, 0.1) is 11.9 Å². The van der Waals surface area contributed by atoms with Crippen molar-refractivity contribution in [1.29, 1.82) is 0 Å². The summed E-state index contributed by atoms with van der Waals surface area (Å²) in [7, 11) is 0. The molecule has 0 unspecified atom stereocenters. The van der Waals surface area contributed by atoms with E-state index in [0.29, 0.717) is 35.2 Å². The van der Waals surface area contributed by atoms with Crippen molar-refractivity contribution in [2.24, 2.45) is 0 Å². The summed E-state index contributed by atoms with van der Waals surface area (Å²) in [4.78, 5) is 22.2. The van der Waals surface area contributed by atoms with Gasteiger partial charge in [0.15, 0.2) is 0 Å². The zero-order valence-corrected chi connectivity index (χ0v) is 34.0. The van der Waals surface area contributed by atoms with Crippen molar-refractivity contribution in [2.75, 3.05) is 9.80 Å². The molecule has 53 heavy (non-hydrogen) atoms. The Morgan fingerprint density at radius 2 is 1.04 bits per heavy atom. The normalized spacial score (nSPS) is 12.5. The molecule has 3 heterocycles. The Kier molecular flexibility index (Phi) is 11.5. The number of anilines is 4. The van der Waals surface area contributed by atoms with Crippen molar-refractivity contribution in [3.8, 4) is 11.5 Å². The molecule has 5 aromatic carbocycles. The second kappa shape index (κ2) is 16.1. The molecule has 6 nitrogen and oxygen atoms in total. The van der Waals surface area contributed by atoms with Crippen LogP contribution in [0.4, 0.5) is 22.7 Å². The van der Waals surface area contributed by atoms with Crippen LogP contribution in [0.1, 0.15) is 101 Å². The van der Waals surface area contributed by atoms with E-state index in [-0.39, 0.29) is 22.4 Å². The Bertz CT molecular complexity index is 2130. The number of para-hydroxylation sites is 4. The van der Waals surface area contributed by atoms with Crippen molar-refractivity contribution in [1.82, 2.24) is 19.9 Å². The van der Waals surface area contributed by atoms with Crippen molar-refractivity contribution >= 4 is 44.6 Å². The van der Waals surface area contributed by atoms with E-state index >= 15 is 0 Å². The molecule has 0 saturated carbocycles. The average Bonchev–Trinajstić information content (AvgIpc) is 3.75. The summed E-state index contributed by atoms with van der Waals surface area (Å²) >= 11 is 0. The fourth-order valence-electron chi connectivity index (χ4n) is 7.23. The first-order valence-electron chi connectivity index (χ1n) is 18.5. The summed E-state index contributed by atoms with van der Waals surface area (Å²) in [5, 5.41) is 2.33. The van der Waals surface area contributed by atoms with Crippen LogP contribution in [0.3, 0.4) is 0 Å². The maximum Gasteiger partial charge on any atom is 0.0803 e. The minimum Gasteiger partial charge on any atom is -0.473 e. The molecule has 1 radical (unpaired) electrons. The van der Waals surface area contributed by atoms with E-state index in [4.69, 9.17) is 0 Å². The molecule has 0 aliphatic carbocycles. The maximum absolute atomic E-state index is 4.52. The van der Waals surface area contributed by atoms with E-state index in [2.05, 4.69) is 177 Å². The molecule has 8 rings (SSSR count). The molecule has 0 amide bonds. The van der Waals surface area contributed by atoms with E-state index in [1.807, 2.05) is 12.1 Å². The molecule has 1 aliphatic heterocycles. The molecule has 275 valence electrons. The number of rotatable bonds is 7. The van der Waals surface area contributed by atoms with Gasteiger partial charge in [-0.15, -0.1) is 6.67 Å². The van der Waals surface area contributed by atoms with Gasteiger partial charge in [0, 0.05) is 57.5 Å². The monoisotopic (exact) mass is 881 g/mol. The predicted molar refractivity (Wildman–Crippen MR) is 218 cm³/mol. The summed E-state index contributed by atoms with van der Waals surface area (Å²) in [5.74, 6) is 2.41. The van der Waals surface area contributed by atoms with Crippen LogP contribution in [0.5, 0.6) is 0 Å². The van der Waals surface area contributed by atoms with E-state index in [0.717, 1.165) is 11.0 Å². The molecule has 2 aromatic heterocycles. The van der Waals surface area contributed by atoms with Gasteiger partial charge in [0.25, 0.3) is 0 Å². The third-order valence-corrected chi connectivity index (χ3v) is 9.89. The average molecular weight is 882 g/mol. The van der Waals surface area contributed by atoms with Gasteiger partial charge in [-0.05, 0) is 85.7 Å². The first-order valence-corrected chi connectivity index (χ1v) is 18.5. The fourth-order valence-corrected chi connectivity index (χ4v) is 7.23. The fraction of sp³-hybridized carbons (Fsp3) is 0.261. The molecule has 0 atom stereocenters. The molecule has 0 fully saturated rings. The van der Waals surface area contributed by atoms with Crippen LogP contribution in [0.25, 0.3) is 33.3 Å². The molecular weight excluding hydrogens is 834 g/mol. The van der Waals surface area contributed by atoms with Crippen molar-refractivity contribution in [3.05, 3.63) is 145 Å². The number of fused-ring (bicyclic) bond motifs is 3. The van der Waals surface area contributed by atoms with Gasteiger partial charge in [0.1, 0.15) is 0 Å². The maximum atomic E-state index is 4.52. The molecule has 7 heteroatoms. The Morgan fingerprint density at radius 1 is 0.566 bits per heavy atom. The SMILES string of the molecule is CC(C)c1cccc(C(C)C)c1N1[CH-]N(c2c(C(C)C)cccc2C(C)C)c2ccccc21.[Au].c1ccc2cc3[n-]c(-c4cnccn4)nc3cc2c1. The third kappa shape index (κ3) is 7.54. The van der Waals surface area contributed by atoms with Crippen LogP contribution >= 0.6 is 0 Å². The zero-order chi connectivity index (χ0) is 36.5. The van der Waals surface area contributed by atoms with E-state index in [9.17, 15) is 0 Å². The minimum absolute atomic E-state index is 0. The van der Waals surface area contributed by atoms with Crippen molar-refractivity contribution < 1.29 is 22.4 Å². The van der Waals surface area contributed by atoms with Gasteiger partial charge in [-0.1, -0.05) is 140 Å². The molecule has 0 spiro atoms. The number of benzene rings is 5. The van der Waals surface area contributed by atoms with E-state index in [1.54, 1.807) is 18.6 Å². The molecule has 7 aromatic rings. The first kappa shape index (κ1) is 38.0. The predicted octanol–water partition coefficient (Wildman–Crippen LogP) is 12.4. The van der Waals surface area contributed by atoms with Gasteiger partial charge in [-0.3, -0.25) is 9.97 Å². The largest absolute Gasteiger partial charge is 0.473 e. The summed E-state index contributed by atoms with van der Waals surface area (Å²) in [6, 6.07) is 34.8. The van der Waals surface area contributed by atoms with Crippen LogP contribution in [-0.4, -0.2) is 15.0 Å². The molecular formula is C46H48AuN6-2. The Balaban J connectivity index is 0.000000203. The van der Waals surface area contributed by atoms with Gasteiger partial charge < -0.3 is 19.8 Å². The Hall–Kier alpha value is -4.75. The van der Waals surface area contributed by atoms with Crippen LogP contribution in [-0.2, 0) is 22.4 Å². The smallest absolute Gasteiger partial charge is 0.0803 e. The van der Waals surface area contributed by atoms with Crippen molar-refractivity contribution in [2.45, 2.75) is 79.1 Å². The number of nitrogens with zero attached hydrogens (tertiary/aromatic N) is 6. The quantitative estimate of drug-likeness (QED) is 0.117. The summed E-state index contributed by atoms with van der Waals surface area (Å²) in [5.41, 5.74) is 13.2. The van der Waals surface area contributed by atoms with Crippen LogP contribution in [0, 0.1) is 6.67 Å². The number of hydrogen-bond acceptors (Lipinski definition) is 5. The van der Waals surface area contributed by atoms with E-state index < -0.39 is 0 Å². The minimum atomic E-state index is 0. The summed E-state index contributed by atoms with van der Waals surface area (Å²) in [6.45, 7) is 20.7. The van der Waals surface area contributed by atoms with E-state index in [1.165, 1.54) is 55.8 Å². The van der Waals surface area contributed by atoms with Crippen LogP contribution in [0.15, 0.2) is 116 Å². The standard InChI is InChI=1S/C31H39N2.C15H9N4.Au/c1-20(2)24-13-11-14-25(21(3)4)30(24)32-19-33(29-18-10-9-17-28(29)32)31-26(22(5)6)15-12-16-27(31)23(7)8;1-2-4-11-8-13-12(7-10(11)3-1)18-15(19-13)14-9-16-5-6-17-14;/h9-23H,1-8H3;1-9H;/q2*-1;. The second-order valence-corrected chi connectivity index (χ2v) is 14.9. The number of hydrogen-bond donors (Lipinski definition) is 0. The topological polar surface area (TPSA) is 59.2 Å². The Labute approximate surface area is 330 Å². The van der Waals surface area contributed by atoms with Crippen LogP contribution in [0.2, 0.25) is 0 Å². The Morgan fingerprint density at radius 3 is 1.49 bits per heavy atom. The molecule has 1 aliphatic rings. The molecule has 0 saturated heterocycles. The number of aromatic nitrogens is 4. The molecule has 0 N–H and O–H groups in total. The summed E-state index contributed by atoms with van der Waals surface area (Å²) in [6.07, 6.45) is 4.96. The van der Waals surface area contributed by atoms with Gasteiger partial charge >= 0.3 is 0 Å².